The number of hydrogen-bond donors (Lipinski definition) is 2. The van der Waals surface area contributed by atoms with E-state index in [1.54, 1.807) is 48.8 Å². The molecule has 1 aromatic heterocycles. The smallest absolute Gasteiger partial charge is 0.251 e. The number of ether oxygens (including phenoxy) is 2. The predicted octanol–water partition coefficient (Wildman–Crippen LogP) is 3.69. The quantitative estimate of drug-likeness (QED) is 0.625. The highest BCUT2D eigenvalue weighted by Gasteiger charge is 2.12. The Kier molecular flexibility index (Phi) is 6.46. The van der Waals surface area contributed by atoms with E-state index >= 15 is 0 Å². The van der Waals surface area contributed by atoms with E-state index < -0.39 is 0 Å². The number of aromatic hydroxyl groups is 1. The van der Waals surface area contributed by atoms with Gasteiger partial charge in [-0.05, 0) is 37.3 Å². The summed E-state index contributed by atoms with van der Waals surface area (Å²) in [6, 6.07) is 15.7. The Labute approximate surface area is 163 Å². The van der Waals surface area contributed by atoms with Crippen LogP contribution >= 0.6 is 0 Å². The number of rotatable bonds is 8. The van der Waals surface area contributed by atoms with Gasteiger partial charge in [0.25, 0.3) is 5.91 Å². The van der Waals surface area contributed by atoms with E-state index in [2.05, 4.69) is 10.3 Å². The molecule has 6 nitrogen and oxygen atoms in total. The lowest BCUT2D eigenvalue weighted by Crippen LogP contribution is -2.22. The molecule has 0 aliphatic rings. The minimum absolute atomic E-state index is 0.150. The van der Waals surface area contributed by atoms with Crippen molar-refractivity contribution in [2.24, 2.45) is 0 Å². The Balaban J connectivity index is 1.68. The van der Waals surface area contributed by atoms with Gasteiger partial charge in [0.2, 0.25) is 0 Å². The van der Waals surface area contributed by atoms with Crippen molar-refractivity contribution in [3.63, 3.8) is 0 Å². The van der Waals surface area contributed by atoms with Crippen molar-refractivity contribution in [3.05, 3.63) is 83.7 Å². The molecule has 0 bridgehead atoms. The molecule has 0 saturated heterocycles. The number of aromatic nitrogens is 1. The average Bonchev–Trinajstić information content (AvgIpc) is 2.73. The van der Waals surface area contributed by atoms with E-state index in [1.807, 2.05) is 25.1 Å². The van der Waals surface area contributed by atoms with Crippen LogP contribution in [0.2, 0.25) is 0 Å². The Hall–Kier alpha value is -3.54. The predicted molar refractivity (Wildman–Crippen MR) is 105 cm³/mol. The van der Waals surface area contributed by atoms with Crippen molar-refractivity contribution >= 4 is 5.91 Å². The number of carbonyl (C=O) groups is 1. The van der Waals surface area contributed by atoms with Gasteiger partial charge < -0.3 is 19.9 Å². The molecule has 1 heterocycles. The van der Waals surface area contributed by atoms with Crippen molar-refractivity contribution in [3.8, 4) is 17.2 Å². The largest absolute Gasteiger partial charge is 0.508 e. The molecule has 0 unspecified atom stereocenters. The zero-order valence-corrected chi connectivity index (χ0v) is 15.6. The van der Waals surface area contributed by atoms with Crippen LogP contribution in [0.4, 0.5) is 0 Å². The number of hydrogen-bond acceptors (Lipinski definition) is 5. The van der Waals surface area contributed by atoms with Crippen LogP contribution in [0, 0.1) is 0 Å². The summed E-state index contributed by atoms with van der Waals surface area (Å²) in [5.74, 6) is 0.949. The molecule has 28 heavy (non-hydrogen) atoms. The van der Waals surface area contributed by atoms with Crippen molar-refractivity contribution in [1.82, 2.24) is 10.3 Å². The molecule has 6 heteroatoms. The van der Waals surface area contributed by atoms with Crippen molar-refractivity contribution < 1.29 is 19.4 Å². The lowest BCUT2D eigenvalue weighted by Gasteiger charge is -2.14. The van der Waals surface area contributed by atoms with Gasteiger partial charge in [0.05, 0.1) is 6.61 Å². The van der Waals surface area contributed by atoms with Gasteiger partial charge in [-0.25, -0.2) is 0 Å². The molecule has 0 spiro atoms. The lowest BCUT2D eigenvalue weighted by atomic mass is 10.1. The Morgan fingerprint density at radius 1 is 1.07 bits per heavy atom. The number of nitrogens with one attached hydrogen (secondary N) is 1. The minimum atomic E-state index is -0.261. The topological polar surface area (TPSA) is 80.7 Å². The first-order chi connectivity index (χ1) is 13.7. The van der Waals surface area contributed by atoms with E-state index in [0.29, 0.717) is 35.8 Å². The fraction of sp³-hybridized carbons (Fsp3) is 0.182. The Morgan fingerprint density at radius 2 is 1.93 bits per heavy atom. The van der Waals surface area contributed by atoms with E-state index in [1.165, 1.54) is 0 Å². The Bertz CT molecular complexity index is 929. The minimum Gasteiger partial charge on any atom is -0.508 e. The molecule has 144 valence electrons. The van der Waals surface area contributed by atoms with Gasteiger partial charge in [-0.3, -0.25) is 9.78 Å². The second-order valence-electron chi connectivity index (χ2n) is 6.06. The highest BCUT2D eigenvalue weighted by atomic mass is 16.5. The maximum absolute atomic E-state index is 12.5. The summed E-state index contributed by atoms with van der Waals surface area (Å²) < 4.78 is 11.5. The molecule has 3 aromatic rings. The number of pyridine rings is 1. The lowest BCUT2D eigenvalue weighted by molar-refractivity contribution is 0.0950. The monoisotopic (exact) mass is 378 g/mol. The second kappa shape index (κ2) is 9.41. The van der Waals surface area contributed by atoms with Crippen LogP contribution in [0.1, 0.15) is 28.4 Å². The Morgan fingerprint density at radius 3 is 2.68 bits per heavy atom. The van der Waals surface area contributed by atoms with Crippen molar-refractivity contribution in [1.29, 1.82) is 0 Å². The molecule has 2 N–H and O–H groups in total. The molecule has 2 aromatic carbocycles. The van der Waals surface area contributed by atoms with E-state index in [-0.39, 0.29) is 18.2 Å². The number of para-hydroxylation sites is 1. The summed E-state index contributed by atoms with van der Waals surface area (Å²) in [4.78, 5) is 16.5. The fourth-order valence-corrected chi connectivity index (χ4v) is 2.62. The summed E-state index contributed by atoms with van der Waals surface area (Å²) in [6.07, 6.45) is 3.44. The fourth-order valence-electron chi connectivity index (χ4n) is 2.62. The molecule has 0 aliphatic carbocycles. The van der Waals surface area contributed by atoms with Crippen LogP contribution in [-0.4, -0.2) is 22.6 Å². The second-order valence-corrected chi connectivity index (χ2v) is 6.06. The normalized spacial score (nSPS) is 10.3. The first-order valence-electron chi connectivity index (χ1n) is 9.01. The van der Waals surface area contributed by atoms with Gasteiger partial charge in [-0.2, -0.15) is 0 Å². The number of nitrogens with zero attached hydrogens (tertiary/aromatic N) is 1. The van der Waals surface area contributed by atoms with E-state index in [9.17, 15) is 9.90 Å². The van der Waals surface area contributed by atoms with Crippen molar-refractivity contribution in [2.45, 2.75) is 20.1 Å². The zero-order chi connectivity index (χ0) is 19.8. The molecule has 0 radical (unpaired) electrons. The van der Waals surface area contributed by atoms with E-state index in [0.717, 1.165) is 5.56 Å². The van der Waals surface area contributed by atoms with Gasteiger partial charge in [0.15, 0.2) is 11.5 Å². The summed E-state index contributed by atoms with van der Waals surface area (Å²) in [7, 11) is 0. The van der Waals surface area contributed by atoms with Gasteiger partial charge in [-0.1, -0.05) is 24.3 Å². The van der Waals surface area contributed by atoms with Gasteiger partial charge >= 0.3 is 0 Å². The molecule has 0 fully saturated rings. The standard InChI is InChI=1S/C22H22N2O4/c1-2-27-21-12-17(22(26)24-14-18-7-3-4-8-19(18)25)9-10-20(21)28-15-16-6-5-11-23-13-16/h3-13,25H,2,14-15H2,1H3,(H,24,26). The first kappa shape index (κ1) is 19.2. The molecule has 3 rings (SSSR count). The first-order valence-corrected chi connectivity index (χ1v) is 9.01. The van der Waals surface area contributed by atoms with E-state index in [4.69, 9.17) is 9.47 Å². The summed E-state index contributed by atoms with van der Waals surface area (Å²) in [5.41, 5.74) is 2.04. The van der Waals surface area contributed by atoms with Crippen LogP contribution in [0.25, 0.3) is 0 Å². The van der Waals surface area contributed by atoms with Gasteiger partial charge in [0, 0.05) is 35.6 Å². The zero-order valence-electron chi connectivity index (χ0n) is 15.6. The molecule has 1 amide bonds. The van der Waals surface area contributed by atoms with Crippen LogP contribution in [0.5, 0.6) is 17.2 Å². The molecule has 0 saturated carbocycles. The maximum Gasteiger partial charge on any atom is 0.251 e. The molecule has 0 aliphatic heterocycles. The van der Waals surface area contributed by atoms with Gasteiger partial charge in [0.1, 0.15) is 12.4 Å². The average molecular weight is 378 g/mol. The summed E-state index contributed by atoms with van der Waals surface area (Å²) in [5, 5.41) is 12.6. The third-order valence-electron chi connectivity index (χ3n) is 4.05. The van der Waals surface area contributed by atoms with Crippen LogP contribution < -0.4 is 14.8 Å². The highest BCUT2D eigenvalue weighted by Crippen LogP contribution is 2.29. The third-order valence-corrected chi connectivity index (χ3v) is 4.05. The summed E-state index contributed by atoms with van der Waals surface area (Å²) in [6.45, 7) is 2.91. The van der Waals surface area contributed by atoms with Gasteiger partial charge in [-0.15, -0.1) is 0 Å². The number of carbonyl (C=O) groups excluding carboxylic acids is 1. The van der Waals surface area contributed by atoms with Crippen LogP contribution in [0.3, 0.4) is 0 Å². The summed E-state index contributed by atoms with van der Waals surface area (Å²) >= 11 is 0. The maximum atomic E-state index is 12.5. The highest BCUT2D eigenvalue weighted by molar-refractivity contribution is 5.94. The van der Waals surface area contributed by atoms with Crippen LogP contribution in [-0.2, 0) is 13.2 Å². The molecule has 0 atom stereocenters. The molecular formula is C22H22N2O4. The number of amides is 1. The van der Waals surface area contributed by atoms with Crippen molar-refractivity contribution in [2.75, 3.05) is 6.61 Å². The third kappa shape index (κ3) is 5.01. The molecular weight excluding hydrogens is 356 g/mol. The van der Waals surface area contributed by atoms with Crippen LogP contribution in [0.15, 0.2) is 67.0 Å². The SMILES string of the molecule is CCOc1cc(C(=O)NCc2ccccc2O)ccc1OCc1cccnc1. The number of phenolic OH excluding ortho intramolecular Hbond substituents is 1. The number of benzene rings is 2. The number of phenols is 1.